The van der Waals surface area contributed by atoms with Crippen LogP contribution in [0.25, 0.3) is 6.08 Å². The number of carbonyl (C=O) groups is 3. The van der Waals surface area contributed by atoms with Gasteiger partial charge in [0.25, 0.3) is 0 Å². The molecule has 0 bridgehead atoms. The molecule has 0 spiro atoms. The molecule has 3 aromatic carbocycles. The van der Waals surface area contributed by atoms with Crippen molar-refractivity contribution in [3.8, 4) is 11.5 Å². The number of allylic oxidation sites excluding steroid dienone is 1. The van der Waals surface area contributed by atoms with E-state index >= 15 is 0 Å². The van der Waals surface area contributed by atoms with Crippen molar-refractivity contribution < 1.29 is 23.9 Å². The van der Waals surface area contributed by atoms with Crippen molar-refractivity contribution >= 4 is 46.3 Å². The molecule has 3 rings (SSSR count). The van der Waals surface area contributed by atoms with Gasteiger partial charge in [-0.15, -0.1) is 0 Å². The summed E-state index contributed by atoms with van der Waals surface area (Å²) in [4.78, 5) is 35.2. The van der Waals surface area contributed by atoms with E-state index in [1.807, 2.05) is 12.1 Å². The lowest BCUT2D eigenvalue weighted by atomic mass is 10.1. The molecule has 8 heteroatoms. The number of methoxy groups -OCH3 is 1. The minimum absolute atomic E-state index is 0.220. The van der Waals surface area contributed by atoms with Gasteiger partial charge >= 0.3 is 0 Å². The van der Waals surface area contributed by atoms with Crippen molar-refractivity contribution in [2.24, 2.45) is 11.5 Å². The number of carbonyl (C=O) groups excluding carboxylic acids is 3. The summed E-state index contributed by atoms with van der Waals surface area (Å²) in [5, 5.41) is 0. The molecule has 2 amide bonds. The minimum Gasteiger partial charge on any atom is -0.493 e. The van der Waals surface area contributed by atoms with Gasteiger partial charge in [0.15, 0.2) is 17.3 Å². The number of halogens is 1. The lowest BCUT2D eigenvalue weighted by Crippen LogP contribution is -2.11. The molecule has 0 aliphatic carbocycles. The molecule has 0 heterocycles. The Morgan fingerprint density at radius 2 is 1.55 bits per heavy atom. The summed E-state index contributed by atoms with van der Waals surface area (Å²) in [6.07, 6.45) is 3.07. The van der Waals surface area contributed by atoms with Crippen molar-refractivity contribution in [2.45, 2.75) is 6.61 Å². The zero-order chi connectivity index (χ0) is 24.0. The molecule has 0 fully saturated rings. The Bertz CT molecular complexity index is 1250. The molecule has 0 aromatic heterocycles. The van der Waals surface area contributed by atoms with Crippen LogP contribution in [0, 0.1) is 3.57 Å². The van der Waals surface area contributed by atoms with E-state index in [2.05, 4.69) is 22.6 Å². The third-order valence-corrected chi connectivity index (χ3v) is 5.51. The van der Waals surface area contributed by atoms with Crippen LogP contribution in [0.15, 0.2) is 66.7 Å². The van der Waals surface area contributed by atoms with Crippen LogP contribution in [0.1, 0.15) is 42.2 Å². The minimum atomic E-state index is -0.593. The fraction of sp³-hybridized carbons (Fsp3) is 0.0800. The summed E-state index contributed by atoms with van der Waals surface area (Å²) < 4.78 is 12.2. The van der Waals surface area contributed by atoms with Crippen LogP contribution in [0.2, 0.25) is 0 Å². The first-order valence-electron chi connectivity index (χ1n) is 9.80. The van der Waals surface area contributed by atoms with Gasteiger partial charge in [-0.1, -0.05) is 30.3 Å². The van der Waals surface area contributed by atoms with E-state index in [1.54, 1.807) is 48.5 Å². The van der Waals surface area contributed by atoms with Gasteiger partial charge in [-0.05, 0) is 76.2 Å². The van der Waals surface area contributed by atoms with Gasteiger partial charge < -0.3 is 20.9 Å². The van der Waals surface area contributed by atoms with E-state index in [1.165, 1.54) is 19.3 Å². The monoisotopic (exact) mass is 556 g/mol. The highest BCUT2D eigenvalue weighted by Crippen LogP contribution is 2.35. The first-order valence-corrected chi connectivity index (χ1v) is 10.9. The average Bonchev–Trinajstić information content (AvgIpc) is 2.81. The first-order chi connectivity index (χ1) is 15.8. The predicted molar refractivity (Wildman–Crippen MR) is 133 cm³/mol. The number of hydrogen-bond acceptors (Lipinski definition) is 5. The largest absolute Gasteiger partial charge is 0.493 e. The quantitative estimate of drug-likeness (QED) is 0.235. The second-order valence-electron chi connectivity index (χ2n) is 7.03. The van der Waals surface area contributed by atoms with Crippen molar-refractivity contribution in [3.05, 3.63) is 98.1 Å². The summed E-state index contributed by atoms with van der Waals surface area (Å²) in [5.74, 6) is -0.321. The van der Waals surface area contributed by atoms with Gasteiger partial charge in [-0.25, -0.2) is 0 Å². The van der Waals surface area contributed by atoms with Crippen molar-refractivity contribution in [1.82, 2.24) is 0 Å². The molecule has 0 saturated heterocycles. The second kappa shape index (κ2) is 10.8. The molecule has 0 radical (unpaired) electrons. The molecule has 3 aromatic rings. The maximum atomic E-state index is 12.5. The number of nitrogens with two attached hydrogens (primary N) is 2. The van der Waals surface area contributed by atoms with Crippen LogP contribution < -0.4 is 20.9 Å². The van der Waals surface area contributed by atoms with Crippen LogP contribution in [0.5, 0.6) is 11.5 Å². The van der Waals surface area contributed by atoms with E-state index in [0.717, 1.165) is 14.7 Å². The highest BCUT2D eigenvalue weighted by atomic mass is 127. The maximum Gasteiger partial charge on any atom is 0.248 e. The van der Waals surface area contributed by atoms with Gasteiger partial charge in [0, 0.05) is 16.7 Å². The number of benzene rings is 3. The molecule has 33 heavy (non-hydrogen) atoms. The highest BCUT2D eigenvalue weighted by Gasteiger charge is 2.12. The molecule has 4 N–H and O–H groups in total. The van der Waals surface area contributed by atoms with E-state index in [4.69, 9.17) is 20.9 Å². The third-order valence-electron chi connectivity index (χ3n) is 4.71. The molecule has 168 valence electrons. The van der Waals surface area contributed by atoms with Crippen LogP contribution in [0.4, 0.5) is 0 Å². The Morgan fingerprint density at radius 3 is 2.21 bits per heavy atom. The topological polar surface area (TPSA) is 122 Å². The summed E-state index contributed by atoms with van der Waals surface area (Å²) >= 11 is 2.13. The molecule has 0 saturated carbocycles. The number of rotatable bonds is 9. The van der Waals surface area contributed by atoms with E-state index < -0.39 is 11.8 Å². The number of ketones is 1. The summed E-state index contributed by atoms with van der Waals surface area (Å²) in [7, 11) is 1.53. The molecule has 0 unspecified atom stereocenters. The van der Waals surface area contributed by atoms with Gasteiger partial charge in [0.05, 0.1) is 10.7 Å². The van der Waals surface area contributed by atoms with Crippen molar-refractivity contribution in [1.29, 1.82) is 0 Å². The van der Waals surface area contributed by atoms with E-state index in [9.17, 15) is 14.4 Å². The van der Waals surface area contributed by atoms with E-state index in [-0.39, 0.29) is 18.0 Å². The Morgan fingerprint density at radius 1 is 0.909 bits per heavy atom. The highest BCUT2D eigenvalue weighted by molar-refractivity contribution is 14.1. The molecular formula is C25H21IN2O5. The summed E-state index contributed by atoms with van der Waals surface area (Å²) in [5.41, 5.74) is 13.2. The fourth-order valence-corrected chi connectivity index (χ4v) is 3.82. The second-order valence-corrected chi connectivity index (χ2v) is 8.19. The number of amides is 2. The number of primary amides is 2. The van der Waals surface area contributed by atoms with Gasteiger partial charge in [-0.2, -0.15) is 0 Å². The maximum absolute atomic E-state index is 12.5. The molecule has 7 nitrogen and oxygen atoms in total. The fourth-order valence-electron chi connectivity index (χ4n) is 3.04. The van der Waals surface area contributed by atoms with Crippen molar-refractivity contribution in [3.63, 3.8) is 0 Å². The van der Waals surface area contributed by atoms with Crippen LogP contribution in [-0.4, -0.2) is 24.7 Å². The van der Waals surface area contributed by atoms with Crippen molar-refractivity contribution in [2.75, 3.05) is 7.11 Å². The number of ether oxygens (including phenoxy) is 2. The molecule has 0 atom stereocenters. The van der Waals surface area contributed by atoms with Gasteiger partial charge in [0.1, 0.15) is 6.61 Å². The van der Waals surface area contributed by atoms with Crippen LogP contribution in [0.3, 0.4) is 0 Å². The summed E-state index contributed by atoms with van der Waals surface area (Å²) in [6.45, 7) is 0.220. The molecule has 0 aliphatic heterocycles. The lowest BCUT2D eigenvalue weighted by Gasteiger charge is -2.14. The standard InChI is InChI=1S/C25H21IN2O5/c1-32-22-12-15(8-9-21(29)17-5-3-7-19(13-17)25(28)31)11-20(26)23(22)33-14-16-4-2-6-18(10-16)24(27)30/h2-13H,14H2,1H3,(H2,27,30)(H2,28,31)/b9-8+. The average molecular weight is 556 g/mol. The third kappa shape index (κ3) is 6.19. The Kier molecular flexibility index (Phi) is 7.83. The van der Waals surface area contributed by atoms with Gasteiger partial charge in [0.2, 0.25) is 11.8 Å². The Labute approximate surface area is 204 Å². The molecule has 0 aliphatic rings. The SMILES string of the molecule is COc1cc(/C=C/C(=O)c2cccc(C(N)=O)c2)cc(I)c1OCc1cccc(C(N)=O)c1. The predicted octanol–water partition coefficient (Wildman–Crippen LogP) is 3.97. The molecular weight excluding hydrogens is 535 g/mol. The first kappa shape index (κ1) is 24.0. The summed E-state index contributed by atoms with van der Waals surface area (Å²) in [6, 6.07) is 16.7. The van der Waals surface area contributed by atoms with E-state index in [0.29, 0.717) is 22.6 Å². The smallest absolute Gasteiger partial charge is 0.248 e. The normalized spacial score (nSPS) is 10.7. The lowest BCUT2D eigenvalue weighted by molar-refractivity contribution is 0.0991. The van der Waals surface area contributed by atoms with Gasteiger partial charge in [-0.3, -0.25) is 14.4 Å². The number of hydrogen-bond donors (Lipinski definition) is 2. The zero-order valence-electron chi connectivity index (χ0n) is 17.7. The zero-order valence-corrected chi connectivity index (χ0v) is 19.9. The van der Waals surface area contributed by atoms with Crippen LogP contribution in [-0.2, 0) is 6.61 Å². The Hall–Kier alpha value is -3.66. The Balaban J connectivity index is 1.78. The van der Waals surface area contributed by atoms with Crippen LogP contribution >= 0.6 is 22.6 Å².